The number of nitrogens with zero attached hydrogens (tertiary/aromatic N) is 5. The highest BCUT2D eigenvalue weighted by atomic mass is 19.1. The predicted octanol–water partition coefficient (Wildman–Crippen LogP) is 1.19. The molecule has 1 atom stereocenters. The van der Waals surface area contributed by atoms with Gasteiger partial charge in [0.2, 0.25) is 5.82 Å². The van der Waals surface area contributed by atoms with Crippen molar-refractivity contribution >= 4 is 11.8 Å². The summed E-state index contributed by atoms with van der Waals surface area (Å²) in [6, 6.07) is 7.64. The number of benzene rings is 1. The summed E-state index contributed by atoms with van der Waals surface area (Å²) in [6.07, 6.45) is 3.43. The second-order valence-electron chi connectivity index (χ2n) is 7.75. The molecule has 0 unspecified atom stereocenters. The van der Waals surface area contributed by atoms with Crippen LogP contribution in [0.2, 0.25) is 0 Å². The Hall–Kier alpha value is -3.53. The number of carbonyl (C=O) groups is 2. The van der Waals surface area contributed by atoms with Crippen LogP contribution in [0.4, 0.5) is 4.39 Å². The highest BCUT2D eigenvalue weighted by Crippen LogP contribution is 2.29. The van der Waals surface area contributed by atoms with Crippen LogP contribution >= 0.6 is 0 Å². The van der Waals surface area contributed by atoms with Gasteiger partial charge in [-0.1, -0.05) is 12.1 Å². The molecular weight excluding hydrogens is 401 g/mol. The number of hydrogen-bond donors (Lipinski definition) is 2. The number of rotatable bonds is 4. The van der Waals surface area contributed by atoms with Crippen molar-refractivity contribution in [3.8, 4) is 0 Å². The molecule has 0 saturated carbocycles. The lowest BCUT2D eigenvalue weighted by Crippen LogP contribution is -2.53. The smallest absolute Gasteiger partial charge is 0.289 e. The third-order valence-corrected chi connectivity index (χ3v) is 5.88. The molecule has 160 valence electrons. The van der Waals surface area contributed by atoms with E-state index in [2.05, 4.69) is 25.4 Å². The Morgan fingerprint density at radius 3 is 2.68 bits per heavy atom. The van der Waals surface area contributed by atoms with Gasteiger partial charge in [-0.25, -0.2) is 4.39 Å². The molecular formula is C21H22FN7O2. The Bertz CT molecular complexity index is 1090. The van der Waals surface area contributed by atoms with E-state index in [1.165, 1.54) is 12.1 Å². The van der Waals surface area contributed by atoms with Crippen molar-refractivity contribution in [1.82, 2.24) is 34.9 Å². The lowest BCUT2D eigenvalue weighted by atomic mass is 10.1. The minimum atomic E-state index is -0.326. The van der Waals surface area contributed by atoms with Crippen LogP contribution in [0.5, 0.6) is 0 Å². The maximum Gasteiger partial charge on any atom is 0.289 e. The Morgan fingerprint density at radius 2 is 1.90 bits per heavy atom. The molecule has 2 aliphatic heterocycles. The number of piperazine rings is 1. The van der Waals surface area contributed by atoms with Crippen LogP contribution in [0, 0.1) is 5.82 Å². The summed E-state index contributed by atoms with van der Waals surface area (Å²) in [5.74, 6) is 0.292. The predicted molar refractivity (Wildman–Crippen MR) is 109 cm³/mol. The zero-order valence-corrected chi connectivity index (χ0v) is 16.8. The Labute approximate surface area is 177 Å². The van der Waals surface area contributed by atoms with E-state index in [-0.39, 0.29) is 36.0 Å². The molecule has 10 heteroatoms. The normalized spacial score (nSPS) is 18.4. The van der Waals surface area contributed by atoms with E-state index in [0.29, 0.717) is 31.0 Å². The molecule has 1 fully saturated rings. The highest BCUT2D eigenvalue weighted by Gasteiger charge is 2.38. The lowest BCUT2D eigenvalue weighted by Gasteiger charge is -2.43. The average Bonchev–Trinajstić information content (AvgIpc) is 3.48. The molecule has 0 spiro atoms. The van der Waals surface area contributed by atoms with Crippen molar-refractivity contribution in [2.45, 2.75) is 19.1 Å². The second-order valence-corrected chi connectivity index (χ2v) is 7.75. The summed E-state index contributed by atoms with van der Waals surface area (Å²) in [5.41, 5.74) is 1.43. The number of aromatic nitrogens is 4. The van der Waals surface area contributed by atoms with Crippen molar-refractivity contribution < 1.29 is 14.0 Å². The third-order valence-electron chi connectivity index (χ3n) is 5.88. The van der Waals surface area contributed by atoms with Gasteiger partial charge in [-0.15, -0.1) is 10.2 Å². The second kappa shape index (κ2) is 7.95. The first-order chi connectivity index (χ1) is 15.1. The molecule has 0 aliphatic carbocycles. The Morgan fingerprint density at radius 1 is 1.10 bits per heavy atom. The zero-order valence-electron chi connectivity index (χ0n) is 16.8. The molecule has 9 nitrogen and oxygen atoms in total. The summed E-state index contributed by atoms with van der Waals surface area (Å²) >= 11 is 0. The molecule has 3 aromatic rings. The van der Waals surface area contributed by atoms with Gasteiger partial charge < -0.3 is 19.8 Å². The van der Waals surface area contributed by atoms with Crippen LogP contribution in [0.1, 0.15) is 38.4 Å². The monoisotopic (exact) mass is 423 g/mol. The van der Waals surface area contributed by atoms with Gasteiger partial charge in [0.15, 0.2) is 5.82 Å². The Balaban J connectivity index is 1.30. The third kappa shape index (κ3) is 3.70. The van der Waals surface area contributed by atoms with E-state index in [1.54, 1.807) is 30.6 Å². The Kier molecular flexibility index (Phi) is 4.99. The van der Waals surface area contributed by atoms with Gasteiger partial charge in [0, 0.05) is 51.7 Å². The van der Waals surface area contributed by atoms with Crippen molar-refractivity contribution in [3.63, 3.8) is 0 Å². The molecule has 5 rings (SSSR count). The molecule has 2 aromatic heterocycles. The van der Waals surface area contributed by atoms with E-state index in [9.17, 15) is 14.0 Å². The van der Waals surface area contributed by atoms with Gasteiger partial charge >= 0.3 is 0 Å². The first kappa shape index (κ1) is 19.4. The first-order valence-electron chi connectivity index (χ1n) is 10.2. The zero-order chi connectivity index (χ0) is 21.4. The molecule has 31 heavy (non-hydrogen) atoms. The van der Waals surface area contributed by atoms with Crippen LogP contribution < -0.4 is 5.32 Å². The average molecular weight is 423 g/mol. The number of carbonyl (C=O) groups excluding carboxylic acids is 2. The van der Waals surface area contributed by atoms with Gasteiger partial charge in [-0.3, -0.25) is 14.5 Å². The number of halogens is 1. The van der Waals surface area contributed by atoms with Gasteiger partial charge in [-0.05, 0) is 23.8 Å². The van der Waals surface area contributed by atoms with Crippen molar-refractivity contribution in [2.24, 2.45) is 0 Å². The molecule has 1 aromatic carbocycles. The summed E-state index contributed by atoms with van der Waals surface area (Å²) in [5, 5.41) is 11.3. The van der Waals surface area contributed by atoms with E-state index in [4.69, 9.17) is 0 Å². The fourth-order valence-corrected chi connectivity index (χ4v) is 4.20. The fourth-order valence-electron chi connectivity index (χ4n) is 4.20. The van der Waals surface area contributed by atoms with Crippen LogP contribution in [0.15, 0.2) is 42.7 Å². The number of aromatic amines is 1. The van der Waals surface area contributed by atoms with Crippen LogP contribution in [-0.4, -0.2) is 67.5 Å². The largest absolute Gasteiger partial charge is 0.367 e. The number of amides is 2. The summed E-state index contributed by atoms with van der Waals surface area (Å²) in [6.45, 7) is 3.55. The van der Waals surface area contributed by atoms with Gasteiger partial charge in [0.05, 0.1) is 11.6 Å². The molecule has 4 heterocycles. The van der Waals surface area contributed by atoms with Gasteiger partial charge in [0.1, 0.15) is 5.82 Å². The number of nitrogens with one attached hydrogen (secondary N) is 2. The summed E-state index contributed by atoms with van der Waals surface area (Å²) in [4.78, 5) is 32.5. The van der Waals surface area contributed by atoms with E-state index in [0.717, 1.165) is 18.7 Å². The standard InChI is InChI=1S/C21H22FN7O2/c22-16-3-1-14(2-4-16)11-24-20(30)19-26-25-18-17-13-28(21(31)15-5-6-23-12-15)8-7-27(17)9-10-29(18)19/h1-6,12,17,23H,7-11,13H2,(H,24,30)/t17-/m0/s1. The molecule has 2 N–H and O–H groups in total. The SMILES string of the molecule is O=C(NCc1ccc(F)cc1)c1nnc2n1CCN1CCN(C(=O)c3cc[nH]c3)C[C@@H]21. The van der Waals surface area contributed by atoms with E-state index < -0.39 is 0 Å². The topological polar surface area (TPSA) is 99.2 Å². The van der Waals surface area contributed by atoms with Crippen LogP contribution in [-0.2, 0) is 13.1 Å². The van der Waals surface area contributed by atoms with Crippen molar-refractivity contribution in [3.05, 3.63) is 71.3 Å². The number of hydrogen-bond acceptors (Lipinski definition) is 5. The molecule has 0 bridgehead atoms. The van der Waals surface area contributed by atoms with E-state index >= 15 is 0 Å². The molecule has 0 radical (unpaired) electrons. The minimum absolute atomic E-state index is 0.0187. The van der Waals surface area contributed by atoms with Crippen molar-refractivity contribution in [2.75, 3.05) is 26.2 Å². The van der Waals surface area contributed by atoms with Crippen LogP contribution in [0.25, 0.3) is 0 Å². The lowest BCUT2D eigenvalue weighted by molar-refractivity contribution is 0.0373. The maximum atomic E-state index is 13.1. The van der Waals surface area contributed by atoms with Crippen molar-refractivity contribution in [1.29, 1.82) is 0 Å². The maximum absolute atomic E-state index is 13.1. The van der Waals surface area contributed by atoms with Gasteiger partial charge in [-0.2, -0.15) is 0 Å². The summed E-state index contributed by atoms with van der Waals surface area (Å²) in [7, 11) is 0. The minimum Gasteiger partial charge on any atom is -0.367 e. The fraction of sp³-hybridized carbons (Fsp3) is 0.333. The van der Waals surface area contributed by atoms with Crippen LogP contribution in [0.3, 0.4) is 0 Å². The molecule has 2 aliphatic rings. The first-order valence-corrected chi connectivity index (χ1v) is 10.2. The number of fused-ring (bicyclic) bond motifs is 3. The quantitative estimate of drug-likeness (QED) is 0.657. The molecule has 1 saturated heterocycles. The summed E-state index contributed by atoms with van der Waals surface area (Å²) < 4.78 is 14.9. The molecule has 2 amide bonds. The van der Waals surface area contributed by atoms with E-state index in [1.807, 2.05) is 9.47 Å². The highest BCUT2D eigenvalue weighted by molar-refractivity contribution is 5.94. The number of H-pyrrole nitrogens is 1. The van der Waals surface area contributed by atoms with Gasteiger partial charge in [0.25, 0.3) is 11.8 Å².